The highest BCUT2D eigenvalue weighted by Crippen LogP contribution is 2.34. The zero-order valence-corrected chi connectivity index (χ0v) is 14.1. The van der Waals surface area contributed by atoms with E-state index in [-0.39, 0.29) is 23.1 Å². The number of benzene rings is 1. The van der Waals surface area contributed by atoms with Crippen LogP contribution in [0.25, 0.3) is 0 Å². The number of halogens is 1. The number of nitrogens with zero attached hydrogens (tertiary/aromatic N) is 2. The molecule has 1 fully saturated rings. The predicted octanol–water partition coefficient (Wildman–Crippen LogP) is 3.00. The molecule has 1 unspecified atom stereocenters. The number of rotatable bonds is 4. The average molecular weight is 347 g/mol. The molecular formula is C17H18FN3O2S. The van der Waals surface area contributed by atoms with Crippen LogP contribution < -0.4 is 5.73 Å². The highest BCUT2D eigenvalue weighted by Gasteiger charge is 2.32. The Hall–Kier alpha value is -2.28. The highest BCUT2D eigenvalue weighted by atomic mass is 32.1. The molecule has 1 aliphatic rings. The van der Waals surface area contributed by atoms with Crippen molar-refractivity contribution in [3.63, 3.8) is 0 Å². The van der Waals surface area contributed by atoms with Gasteiger partial charge in [0.2, 0.25) is 5.91 Å². The van der Waals surface area contributed by atoms with E-state index >= 15 is 0 Å². The minimum Gasteiger partial charge on any atom is -0.366 e. The Morgan fingerprint density at radius 2 is 2.25 bits per heavy atom. The van der Waals surface area contributed by atoms with Crippen molar-refractivity contribution >= 4 is 23.2 Å². The number of amides is 2. The number of alkyl halides is 1. The minimum absolute atomic E-state index is 0.0471. The van der Waals surface area contributed by atoms with Crippen LogP contribution >= 0.6 is 11.3 Å². The zero-order chi connectivity index (χ0) is 17.3. The van der Waals surface area contributed by atoms with Crippen LogP contribution in [-0.2, 0) is 6.67 Å². The zero-order valence-electron chi connectivity index (χ0n) is 13.3. The Morgan fingerprint density at radius 1 is 1.46 bits per heavy atom. The van der Waals surface area contributed by atoms with Gasteiger partial charge in [-0.1, -0.05) is 6.07 Å². The van der Waals surface area contributed by atoms with Crippen LogP contribution in [0.3, 0.4) is 0 Å². The normalized spacial score (nSPS) is 17.2. The van der Waals surface area contributed by atoms with Crippen molar-refractivity contribution in [3.8, 4) is 0 Å². The second-order valence-corrected chi connectivity index (χ2v) is 6.74. The number of aromatic nitrogens is 1. The summed E-state index contributed by atoms with van der Waals surface area (Å²) >= 11 is 1.55. The summed E-state index contributed by atoms with van der Waals surface area (Å²) < 4.78 is 13.0. The van der Waals surface area contributed by atoms with Gasteiger partial charge in [-0.15, -0.1) is 11.3 Å². The van der Waals surface area contributed by atoms with Crippen LogP contribution in [-0.4, -0.2) is 28.2 Å². The lowest BCUT2D eigenvalue weighted by atomic mass is 10.0. The monoisotopic (exact) mass is 347 g/mol. The van der Waals surface area contributed by atoms with Crippen molar-refractivity contribution in [2.75, 3.05) is 6.54 Å². The number of aryl methyl sites for hydroxylation is 1. The van der Waals surface area contributed by atoms with E-state index in [0.29, 0.717) is 12.1 Å². The van der Waals surface area contributed by atoms with Crippen LogP contribution in [0.5, 0.6) is 0 Å². The number of carbonyl (C=O) groups is 2. The minimum atomic E-state index is -0.794. The fourth-order valence-corrected chi connectivity index (χ4v) is 3.96. The third-order valence-corrected chi connectivity index (χ3v) is 5.27. The summed E-state index contributed by atoms with van der Waals surface area (Å²) in [4.78, 5) is 30.6. The molecule has 2 heterocycles. The Balaban J connectivity index is 1.90. The van der Waals surface area contributed by atoms with Crippen molar-refractivity contribution < 1.29 is 14.0 Å². The summed E-state index contributed by atoms with van der Waals surface area (Å²) in [6.45, 7) is 1.77. The second-order valence-electron chi connectivity index (χ2n) is 5.85. The smallest absolute Gasteiger partial charge is 0.254 e. The number of hydrogen-bond donors (Lipinski definition) is 1. The molecule has 1 aromatic heterocycles. The molecule has 2 aromatic rings. The van der Waals surface area contributed by atoms with Gasteiger partial charge in [-0.2, -0.15) is 0 Å². The number of thiazole rings is 1. The van der Waals surface area contributed by atoms with Gasteiger partial charge in [0.1, 0.15) is 11.7 Å². The number of nitrogens with two attached hydrogens (primary N) is 1. The van der Waals surface area contributed by atoms with E-state index in [2.05, 4.69) is 4.98 Å². The van der Waals surface area contributed by atoms with Crippen molar-refractivity contribution in [2.45, 2.75) is 32.5 Å². The first-order chi connectivity index (χ1) is 11.5. The van der Waals surface area contributed by atoms with Crippen molar-refractivity contribution in [3.05, 3.63) is 51.0 Å². The van der Waals surface area contributed by atoms with Crippen molar-refractivity contribution in [2.24, 2.45) is 5.73 Å². The van der Waals surface area contributed by atoms with Crippen molar-refractivity contribution in [1.29, 1.82) is 0 Å². The molecule has 1 aliphatic heterocycles. The number of hydrogen-bond acceptors (Lipinski definition) is 4. The van der Waals surface area contributed by atoms with E-state index in [1.807, 2.05) is 12.3 Å². The second kappa shape index (κ2) is 6.68. The van der Waals surface area contributed by atoms with E-state index in [9.17, 15) is 14.0 Å². The Kier molecular flexibility index (Phi) is 4.62. The molecule has 1 atom stereocenters. The fraction of sp³-hybridized carbons (Fsp3) is 0.353. The molecule has 5 nitrogen and oxygen atoms in total. The van der Waals surface area contributed by atoms with Gasteiger partial charge in [0.15, 0.2) is 0 Å². The van der Waals surface area contributed by atoms with Gasteiger partial charge in [0.05, 0.1) is 6.04 Å². The predicted molar refractivity (Wildman–Crippen MR) is 89.6 cm³/mol. The number of likely N-dealkylation sites (tertiary alicyclic amines) is 1. The Bertz CT molecular complexity index is 790. The molecule has 0 spiro atoms. The van der Waals surface area contributed by atoms with Gasteiger partial charge in [-0.25, -0.2) is 9.37 Å². The van der Waals surface area contributed by atoms with Gasteiger partial charge < -0.3 is 10.6 Å². The molecule has 0 bridgehead atoms. The summed E-state index contributed by atoms with van der Waals surface area (Å²) in [5.74, 6) is -0.913. The highest BCUT2D eigenvalue weighted by molar-refractivity contribution is 7.09. The maximum atomic E-state index is 13.0. The summed E-state index contributed by atoms with van der Waals surface area (Å²) in [6.07, 6.45) is 1.77. The van der Waals surface area contributed by atoms with E-state index in [1.54, 1.807) is 22.3 Å². The first kappa shape index (κ1) is 16.6. The maximum Gasteiger partial charge on any atom is 0.254 e. The molecule has 0 aliphatic carbocycles. The van der Waals surface area contributed by atoms with E-state index in [1.165, 1.54) is 12.1 Å². The Morgan fingerprint density at radius 3 is 2.88 bits per heavy atom. The number of primary amides is 1. The summed E-state index contributed by atoms with van der Waals surface area (Å²) in [6, 6.07) is 4.34. The third kappa shape index (κ3) is 3.03. The molecule has 0 saturated carbocycles. The first-order valence-corrected chi connectivity index (χ1v) is 8.61. The molecule has 24 heavy (non-hydrogen) atoms. The number of carbonyl (C=O) groups excluding carboxylic acids is 2. The van der Waals surface area contributed by atoms with Crippen LogP contribution in [0, 0.1) is 6.92 Å². The molecule has 7 heteroatoms. The molecule has 1 aromatic carbocycles. The standard InChI is InChI=1S/C17H18FN3O2S/c1-10-9-24-16(20-10)14-3-2-6-21(14)17(23)11-4-5-12(8-18)13(7-11)15(19)22/h4-5,7,9,14H,2-3,6,8H2,1H3,(H2,19,22). The topological polar surface area (TPSA) is 76.3 Å². The van der Waals surface area contributed by atoms with Gasteiger partial charge >= 0.3 is 0 Å². The maximum absolute atomic E-state index is 13.0. The van der Waals surface area contributed by atoms with Crippen LogP contribution in [0.4, 0.5) is 4.39 Å². The first-order valence-electron chi connectivity index (χ1n) is 7.73. The molecule has 0 radical (unpaired) electrons. The molecule has 2 N–H and O–H groups in total. The summed E-state index contributed by atoms with van der Waals surface area (Å²) in [5.41, 5.74) is 6.85. The third-order valence-electron chi connectivity index (χ3n) is 4.20. The average Bonchev–Trinajstić information content (AvgIpc) is 3.22. The summed E-state index contributed by atoms with van der Waals surface area (Å²) in [5, 5.41) is 2.89. The molecule has 1 saturated heterocycles. The van der Waals surface area contributed by atoms with Gasteiger partial charge in [0, 0.05) is 28.7 Å². The van der Waals surface area contributed by atoms with E-state index < -0.39 is 12.6 Å². The SMILES string of the molecule is Cc1csc(C2CCCN2C(=O)c2ccc(CF)c(C(N)=O)c2)n1. The largest absolute Gasteiger partial charge is 0.366 e. The molecule has 3 rings (SSSR count). The van der Waals surface area contributed by atoms with Crippen LogP contribution in [0.1, 0.15) is 55.9 Å². The van der Waals surface area contributed by atoms with E-state index in [4.69, 9.17) is 5.73 Å². The van der Waals surface area contributed by atoms with Crippen LogP contribution in [0.2, 0.25) is 0 Å². The lowest BCUT2D eigenvalue weighted by molar-refractivity contribution is 0.0735. The van der Waals surface area contributed by atoms with Crippen molar-refractivity contribution in [1.82, 2.24) is 9.88 Å². The Labute approximate surface area is 143 Å². The summed E-state index contributed by atoms with van der Waals surface area (Å²) in [7, 11) is 0. The van der Waals surface area contributed by atoms with E-state index in [0.717, 1.165) is 23.5 Å². The lowest BCUT2D eigenvalue weighted by Gasteiger charge is -2.23. The van der Waals surface area contributed by atoms with Gasteiger partial charge in [0.25, 0.3) is 5.91 Å². The van der Waals surface area contributed by atoms with Gasteiger partial charge in [-0.3, -0.25) is 9.59 Å². The van der Waals surface area contributed by atoms with Crippen LogP contribution in [0.15, 0.2) is 23.6 Å². The fourth-order valence-electron chi connectivity index (χ4n) is 3.01. The molecule has 126 valence electrons. The van der Waals surface area contributed by atoms with Gasteiger partial charge in [-0.05, 0) is 37.5 Å². The molecule has 2 amide bonds. The quantitative estimate of drug-likeness (QED) is 0.924. The lowest BCUT2D eigenvalue weighted by Crippen LogP contribution is -2.31. The molecular weight excluding hydrogens is 329 g/mol.